The molecule has 0 fully saturated rings. The van der Waals surface area contributed by atoms with Gasteiger partial charge in [-0.2, -0.15) is 14.9 Å². The highest BCUT2D eigenvalue weighted by Gasteiger charge is 2.17. The molecule has 2 aromatic heterocycles. The van der Waals surface area contributed by atoms with E-state index in [9.17, 15) is 5.26 Å². The molecule has 7 heteroatoms. The number of methoxy groups -OCH3 is 2. The third-order valence-corrected chi connectivity index (χ3v) is 4.78. The van der Waals surface area contributed by atoms with Gasteiger partial charge in [-0.3, -0.25) is 9.67 Å². The Morgan fingerprint density at radius 1 is 0.967 bits per heavy atom. The summed E-state index contributed by atoms with van der Waals surface area (Å²) in [5, 5.41) is 14.6. The van der Waals surface area contributed by atoms with E-state index < -0.39 is 0 Å². The molecular formula is C23H20N5O2+. The van der Waals surface area contributed by atoms with Gasteiger partial charge in [0.25, 0.3) is 6.21 Å². The predicted molar refractivity (Wildman–Crippen MR) is 117 cm³/mol. The van der Waals surface area contributed by atoms with E-state index in [1.54, 1.807) is 29.5 Å². The molecule has 0 N–H and O–H groups in total. The van der Waals surface area contributed by atoms with Crippen molar-refractivity contribution in [3.8, 4) is 28.7 Å². The molecule has 0 bridgehead atoms. The Hall–Kier alpha value is -4.18. The van der Waals surface area contributed by atoms with E-state index in [1.807, 2.05) is 56.0 Å². The highest BCUT2D eigenvalue weighted by molar-refractivity contribution is 5.89. The van der Waals surface area contributed by atoms with Gasteiger partial charge in [-0.25, -0.2) is 0 Å². The van der Waals surface area contributed by atoms with Crippen LogP contribution in [-0.2, 0) is 7.05 Å². The van der Waals surface area contributed by atoms with Gasteiger partial charge in [-0.15, -0.1) is 0 Å². The van der Waals surface area contributed by atoms with Crippen molar-refractivity contribution in [1.29, 1.82) is 5.26 Å². The van der Waals surface area contributed by atoms with Gasteiger partial charge < -0.3 is 9.47 Å². The van der Waals surface area contributed by atoms with E-state index in [1.165, 1.54) is 6.21 Å². The maximum atomic E-state index is 9.39. The number of fused-ring (bicyclic) bond motifs is 1. The van der Waals surface area contributed by atoms with Crippen LogP contribution >= 0.6 is 0 Å². The quantitative estimate of drug-likeness (QED) is 0.374. The first-order chi connectivity index (χ1) is 14.6. The Labute approximate surface area is 174 Å². The standard InChI is InChI=1S/C23H20N5O2/c1-27-15-18(14-26-27)17-8-16-9-19(4-5-23(16)25-13-17)28(7-6-24)20-10-21(29-2)12-22(11-20)30-3/h4-5,7-15H,1-3H3/q+1. The zero-order valence-corrected chi connectivity index (χ0v) is 16.9. The van der Waals surface area contributed by atoms with Gasteiger partial charge in [0.1, 0.15) is 11.5 Å². The van der Waals surface area contributed by atoms with Crippen LogP contribution in [0.4, 0.5) is 11.4 Å². The number of aryl methyl sites for hydroxylation is 1. The molecule has 0 unspecified atom stereocenters. The van der Waals surface area contributed by atoms with Crippen LogP contribution in [0, 0.1) is 11.3 Å². The van der Waals surface area contributed by atoms with Crippen LogP contribution in [0.15, 0.2) is 61.1 Å². The maximum absolute atomic E-state index is 9.39. The minimum Gasteiger partial charge on any atom is -0.496 e. The molecule has 4 rings (SSSR count). The summed E-state index contributed by atoms with van der Waals surface area (Å²) >= 11 is 0. The molecule has 30 heavy (non-hydrogen) atoms. The van der Waals surface area contributed by atoms with E-state index in [4.69, 9.17) is 9.47 Å². The summed E-state index contributed by atoms with van der Waals surface area (Å²) in [5.41, 5.74) is 4.42. The Bertz CT molecular complexity index is 1280. The average molecular weight is 398 g/mol. The second-order valence-electron chi connectivity index (χ2n) is 6.70. The Morgan fingerprint density at radius 3 is 2.37 bits per heavy atom. The first-order valence-corrected chi connectivity index (χ1v) is 9.25. The fourth-order valence-corrected chi connectivity index (χ4v) is 3.28. The molecule has 0 saturated carbocycles. The van der Waals surface area contributed by atoms with E-state index in [-0.39, 0.29) is 0 Å². The molecule has 0 amide bonds. The number of hydrogen-bond acceptors (Lipinski definition) is 5. The molecule has 0 aliphatic carbocycles. The van der Waals surface area contributed by atoms with Crippen molar-refractivity contribution in [3.05, 3.63) is 61.1 Å². The molecule has 0 aliphatic heterocycles. The van der Waals surface area contributed by atoms with E-state index in [0.717, 1.165) is 33.4 Å². The summed E-state index contributed by atoms with van der Waals surface area (Å²) in [6, 6.07) is 15.6. The molecule has 148 valence electrons. The van der Waals surface area contributed by atoms with Gasteiger partial charge in [-0.1, -0.05) is 0 Å². The molecule has 0 radical (unpaired) electrons. The predicted octanol–water partition coefficient (Wildman–Crippen LogP) is 4.08. The van der Waals surface area contributed by atoms with Crippen molar-refractivity contribution in [3.63, 3.8) is 0 Å². The van der Waals surface area contributed by atoms with E-state index in [0.29, 0.717) is 11.5 Å². The summed E-state index contributed by atoms with van der Waals surface area (Å²) in [6.07, 6.45) is 7.05. The minimum absolute atomic E-state index is 0.641. The van der Waals surface area contributed by atoms with E-state index in [2.05, 4.69) is 22.2 Å². The first kappa shape index (κ1) is 19.2. The number of aromatic nitrogens is 3. The van der Waals surface area contributed by atoms with Crippen LogP contribution in [0.5, 0.6) is 11.5 Å². The molecule has 0 spiro atoms. The average Bonchev–Trinajstić information content (AvgIpc) is 3.22. The molecular weight excluding hydrogens is 378 g/mol. The first-order valence-electron chi connectivity index (χ1n) is 9.25. The molecule has 2 heterocycles. The van der Waals surface area contributed by atoms with Crippen molar-refractivity contribution < 1.29 is 9.47 Å². The Morgan fingerprint density at radius 2 is 1.73 bits per heavy atom. The van der Waals surface area contributed by atoms with Crippen molar-refractivity contribution in [2.24, 2.45) is 7.05 Å². The highest BCUT2D eigenvalue weighted by Crippen LogP contribution is 2.31. The van der Waals surface area contributed by atoms with Crippen molar-refractivity contribution in [1.82, 2.24) is 19.3 Å². The van der Waals surface area contributed by atoms with Gasteiger partial charge in [0.2, 0.25) is 11.4 Å². The summed E-state index contributed by atoms with van der Waals surface area (Å²) in [5.74, 6) is 1.28. The largest absolute Gasteiger partial charge is 0.496 e. The third kappa shape index (κ3) is 3.71. The number of pyridine rings is 1. The van der Waals surface area contributed by atoms with E-state index >= 15 is 0 Å². The highest BCUT2D eigenvalue weighted by atomic mass is 16.5. The molecule has 7 nitrogen and oxygen atoms in total. The van der Waals surface area contributed by atoms with Crippen molar-refractivity contribution in [2.75, 3.05) is 14.2 Å². The van der Waals surface area contributed by atoms with Gasteiger partial charge in [-0.05, 0) is 12.1 Å². The van der Waals surface area contributed by atoms with Crippen LogP contribution in [0.3, 0.4) is 0 Å². The second-order valence-corrected chi connectivity index (χ2v) is 6.70. The molecule has 0 atom stereocenters. The maximum Gasteiger partial charge on any atom is 0.253 e. The van der Waals surface area contributed by atoms with Gasteiger partial charge in [0.05, 0.1) is 38.1 Å². The van der Waals surface area contributed by atoms with Crippen molar-refractivity contribution >= 4 is 28.5 Å². The topological polar surface area (TPSA) is 76.0 Å². The number of hydrogen-bond donors (Lipinski definition) is 0. The van der Waals surface area contributed by atoms with Crippen LogP contribution in [0.25, 0.3) is 22.0 Å². The molecule has 4 aromatic rings. The normalized spacial score (nSPS) is 11.3. The van der Waals surface area contributed by atoms with Crippen LogP contribution < -0.4 is 14.0 Å². The zero-order chi connectivity index (χ0) is 21.1. The number of nitrogens with zero attached hydrogens (tertiary/aromatic N) is 5. The number of nitriles is 1. The SMILES string of the molecule is COc1cc(OC)cc([N+](=CC#N)c2ccc3ncc(-c4cnn(C)c4)cc3c2)c1. The lowest BCUT2D eigenvalue weighted by Gasteiger charge is -2.08. The van der Waals surface area contributed by atoms with Crippen LogP contribution in [-0.4, -0.2) is 35.2 Å². The summed E-state index contributed by atoms with van der Waals surface area (Å²) in [4.78, 5) is 4.57. The van der Waals surface area contributed by atoms with Crippen LogP contribution in [0.2, 0.25) is 0 Å². The van der Waals surface area contributed by atoms with Crippen LogP contribution in [0.1, 0.15) is 0 Å². The fraction of sp³-hybridized carbons (Fsp3) is 0.130. The molecule has 0 aliphatic rings. The monoisotopic (exact) mass is 398 g/mol. The fourth-order valence-electron chi connectivity index (χ4n) is 3.28. The summed E-state index contributed by atoms with van der Waals surface area (Å²) in [6.45, 7) is 0. The number of ether oxygens (including phenoxy) is 2. The number of rotatable bonds is 5. The lowest BCUT2D eigenvalue weighted by Crippen LogP contribution is -2.05. The molecule has 2 aromatic carbocycles. The lowest BCUT2D eigenvalue weighted by molar-refractivity contribution is 0.394. The Kier molecular flexibility index (Phi) is 5.14. The zero-order valence-electron chi connectivity index (χ0n) is 16.9. The summed E-state index contributed by atoms with van der Waals surface area (Å²) in [7, 11) is 5.07. The minimum atomic E-state index is 0.641. The van der Waals surface area contributed by atoms with Gasteiger partial charge >= 0.3 is 0 Å². The summed E-state index contributed by atoms with van der Waals surface area (Å²) < 4.78 is 14.3. The second kappa shape index (κ2) is 8.05. The smallest absolute Gasteiger partial charge is 0.253 e. The van der Waals surface area contributed by atoms with Gasteiger partial charge in [0, 0.05) is 54.2 Å². The third-order valence-electron chi connectivity index (χ3n) is 4.78. The van der Waals surface area contributed by atoms with Gasteiger partial charge in [0.15, 0.2) is 6.07 Å². The van der Waals surface area contributed by atoms with Crippen molar-refractivity contribution in [2.45, 2.75) is 0 Å². The molecule has 0 saturated heterocycles. The Balaban J connectivity index is 1.83. The lowest BCUT2D eigenvalue weighted by atomic mass is 10.1. The number of benzene rings is 2.